The first-order valence-electron chi connectivity index (χ1n) is 11.5. The number of carbonyl (C=O) groups excluding carboxylic acids is 5. The van der Waals surface area contributed by atoms with Crippen LogP contribution >= 0.6 is 0 Å². The number of benzene rings is 1. The minimum Gasteiger partial charge on any atom is -0.423 e. The summed E-state index contributed by atoms with van der Waals surface area (Å²) in [5, 5.41) is 11.6. The maximum atomic E-state index is 13.9. The van der Waals surface area contributed by atoms with Gasteiger partial charge in [0.1, 0.15) is 5.52 Å². The number of nitrogens with zero attached hydrogens (tertiary/aromatic N) is 3. The number of primary amides is 1. The molecule has 2 unspecified atom stereocenters. The van der Waals surface area contributed by atoms with Crippen LogP contribution in [-0.2, 0) is 25.6 Å². The number of aromatic nitrogens is 1. The Morgan fingerprint density at radius 3 is 2.42 bits per heavy atom. The Labute approximate surface area is 205 Å². The van der Waals surface area contributed by atoms with Gasteiger partial charge in [0.2, 0.25) is 5.91 Å². The Balaban J connectivity index is 1.71. The van der Waals surface area contributed by atoms with Crippen molar-refractivity contribution in [1.29, 1.82) is 0 Å². The Bertz CT molecular complexity index is 1380. The molecular formula is C24H27N5O7. The number of carbonyl (C=O) groups is 5. The molecule has 12 nitrogen and oxygen atoms in total. The van der Waals surface area contributed by atoms with Gasteiger partial charge < -0.3 is 25.9 Å². The Hall–Kier alpha value is -3.64. The summed E-state index contributed by atoms with van der Waals surface area (Å²) in [6.07, 6.45) is 0.295. The zero-order valence-electron chi connectivity index (χ0n) is 20.3. The van der Waals surface area contributed by atoms with E-state index in [9.17, 15) is 29.1 Å². The van der Waals surface area contributed by atoms with Crippen molar-refractivity contribution in [2.45, 2.75) is 24.5 Å². The molecule has 0 radical (unpaired) electrons. The Morgan fingerprint density at radius 2 is 1.83 bits per heavy atom. The molecule has 6 atom stereocenters. The molecule has 1 aromatic carbocycles. The van der Waals surface area contributed by atoms with Gasteiger partial charge in [-0.25, -0.2) is 0 Å². The number of hydrogen-bond acceptors (Lipinski definition) is 11. The second kappa shape index (κ2) is 7.68. The molecule has 2 aromatic rings. The molecule has 2 saturated carbocycles. The monoisotopic (exact) mass is 497 g/mol. The van der Waals surface area contributed by atoms with Crippen molar-refractivity contribution in [3.8, 4) is 0 Å². The largest absolute Gasteiger partial charge is 0.423 e. The molecule has 12 heteroatoms. The molecule has 3 aliphatic rings. The van der Waals surface area contributed by atoms with Gasteiger partial charge in [0.15, 0.2) is 40.2 Å². The van der Waals surface area contributed by atoms with Crippen LogP contribution in [0.5, 0.6) is 0 Å². The summed E-state index contributed by atoms with van der Waals surface area (Å²) < 4.78 is 5.52. The molecule has 36 heavy (non-hydrogen) atoms. The fourth-order valence-corrected chi connectivity index (χ4v) is 6.46. The number of rotatable bonds is 3. The fourth-order valence-electron chi connectivity index (χ4n) is 6.46. The molecule has 5 rings (SSSR count). The number of aliphatic hydroxyl groups is 1. The van der Waals surface area contributed by atoms with E-state index in [0.29, 0.717) is 16.8 Å². The highest BCUT2D eigenvalue weighted by Gasteiger charge is 2.69. The van der Waals surface area contributed by atoms with Crippen LogP contribution in [0.25, 0.3) is 11.1 Å². The van der Waals surface area contributed by atoms with Gasteiger partial charge in [0, 0.05) is 25.7 Å². The Morgan fingerprint density at radius 1 is 1.17 bits per heavy atom. The second-order valence-corrected chi connectivity index (χ2v) is 10.3. The van der Waals surface area contributed by atoms with Crippen LogP contribution in [0.4, 0.5) is 11.7 Å². The number of nitrogen functional groups attached to an aromatic ring is 1. The van der Waals surface area contributed by atoms with Crippen molar-refractivity contribution < 1.29 is 33.5 Å². The van der Waals surface area contributed by atoms with Crippen molar-refractivity contribution in [2.24, 2.45) is 29.4 Å². The summed E-state index contributed by atoms with van der Waals surface area (Å²) >= 11 is 0. The van der Waals surface area contributed by atoms with Crippen LogP contribution in [0.15, 0.2) is 10.5 Å². The van der Waals surface area contributed by atoms with Crippen LogP contribution in [-0.4, -0.2) is 83.9 Å². The quantitative estimate of drug-likeness (QED) is 0.439. The number of oxazole rings is 1. The van der Waals surface area contributed by atoms with Gasteiger partial charge in [-0.2, -0.15) is 4.98 Å². The molecule has 2 fully saturated rings. The minimum absolute atomic E-state index is 0.0351. The molecule has 0 bridgehead atoms. The molecule has 5 N–H and O–H groups in total. The van der Waals surface area contributed by atoms with Gasteiger partial charge in [0.25, 0.3) is 6.01 Å². The molecule has 0 aliphatic heterocycles. The summed E-state index contributed by atoms with van der Waals surface area (Å²) in [4.78, 5) is 73.8. The fraction of sp³-hybridized carbons (Fsp3) is 0.500. The topological polar surface area (TPSA) is 190 Å². The molecule has 0 saturated heterocycles. The zero-order chi connectivity index (χ0) is 26.4. The number of likely N-dealkylation sites (N-methyl/N-ethyl adjacent to an activating group) is 1. The van der Waals surface area contributed by atoms with E-state index >= 15 is 0 Å². The lowest BCUT2D eigenvalue weighted by atomic mass is 9.52. The molecule has 190 valence electrons. The van der Waals surface area contributed by atoms with Crippen molar-refractivity contribution in [3.05, 3.63) is 17.2 Å². The van der Waals surface area contributed by atoms with Crippen molar-refractivity contribution in [3.63, 3.8) is 0 Å². The van der Waals surface area contributed by atoms with E-state index in [4.69, 9.17) is 15.9 Å². The lowest BCUT2D eigenvalue weighted by molar-refractivity contribution is -0.181. The van der Waals surface area contributed by atoms with Crippen LogP contribution in [0.2, 0.25) is 0 Å². The number of amides is 1. The third kappa shape index (κ3) is 2.94. The average Bonchev–Trinajstić information content (AvgIpc) is 3.14. The normalized spacial score (nSPS) is 31.9. The molecule has 1 heterocycles. The summed E-state index contributed by atoms with van der Waals surface area (Å²) in [5.41, 5.74) is 10.3. The average molecular weight is 498 g/mol. The predicted molar refractivity (Wildman–Crippen MR) is 126 cm³/mol. The van der Waals surface area contributed by atoms with Gasteiger partial charge >= 0.3 is 0 Å². The summed E-state index contributed by atoms with van der Waals surface area (Å²) in [5.74, 6) is -9.99. The van der Waals surface area contributed by atoms with Crippen LogP contribution in [0, 0.1) is 23.7 Å². The zero-order valence-corrected chi connectivity index (χ0v) is 20.3. The van der Waals surface area contributed by atoms with E-state index in [1.165, 1.54) is 4.90 Å². The third-order valence-corrected chi connectivity index (χ3v) is 7.92. The number of anilines is 2. The summed E-state index contributed by atoms with van der Waals surface area (Å²) in [6.45, 7) is 0. The predicted octanol–water partition coefficient (Wildman–Crippen LogP) is -1.05. The first-order chi connectivity index (χ1) is 16.8. The summed E-state index contributed by atoms with van der Waals surface area (Å²) in [7, 11) is 6.72. The minimum atomic E-state index is -2.71. The molecule has 1 amide bonds. The standard InChI is InChI=1S/C24H27N5O7/c1-28(2)12-7-11-19(36-23(26)27-11)14-9(12)5-8-6-10-16(29(3)4)18(31)15(22(25)34)21(33)24(10,35)20(32)13(8)17(14)30/h7-8,10,13,15-16,35H,5-6H2,1-4H3,(H2,25,34)(H2,26,27)/t8-,10-,13?,15?,16-,24-/m1/s1. The highest BCUT2D eigenvalue weighted by molar-refractivity contribution is 6.32. The van der Waals surface area contributed by atoms with E-state index in [2.05, 4.69) is 4.98 Å². The van der Waals surface area contributed by atoms with Crippen molar-refractivity contribution in [2.75, 3.05) is 38.8 Å². The number of Topliss-reactive ketones (excluding diaryl/α,β-unsaturated/α-hetero) is 4. The van der Waals surface area contributed by atoms with Gasteiger partial charge in [-0.15, -0.1) is 0 Å². The van der Waals surface area contributed by atoms with Gasteiger partial charge in [0.05, 0.1) is 17.5 Å². The number of fused-ring (bicyclic) bond motifs is 5. The smallest absolute Gasteiger partial charge is 0.293 e. The lowest BCUT2D eigenvalue weighted by Crippen LogP contribution is -2.74. The number of ketones is 4. The van der Waals surface area contributed by atoms with E-state index in [-0.39, 0.29) is 30.0 Å². The van der Waals surface area contributed by atoms with Crippen LogP contribution in [0.1, 0.15) is 22.3 Å². The van der Waals surface area contributed by atoms with E-state index in [1.54, 1.807) is 34.3 Å². The van der Waals surface area contributed by atoms with Crippen LogP contribution < -0.4 is 16.4 Å². The lowest BCUT2D eigenvalue weighted by Gasteiger charge is -2.52. The van der Waals surface area contributed by atoms with E-state index in [1.807, 2.05) is 4.90 Å². The van der Waals surface area contributed by atoms with Crippen molar-refractivity contribution >= 4 is 51.8 Å². The second-order valence-electron chi connectivity index (χ2n) is 10.3. The summed E-state index contributed by atoms with van der Waals surface area (Å²) in [6, 6.07) is 0.485. The Kier molecular flexibility index (Phi) is 5.13. The number of hydrogen-bond donors (Lipinski definition) is 3. The first kappa shape index (κ1) is 24.1. The van der Waals surface area contributed by atoms with Gasteiger partial charge in [-0.3, -0.25) is 28.9 Å². The van der Waals surface area contributed by atoms with Crippen LogP contribution in [0.3, 0.4) is 0 Å². The van der Waals surface area contributed by atoms with E-state index < -0.39 is 64.4 Å². The SMILES string of the molecule is CN(C)c1cc2nc(N)oc2c2c1C[C@@H]1C[C@@H]3[C@@H](N(C)C)C(=O)C(C(N)=O)C(=O)[C@]3(O)C(=O)C1C2=O. The molecule has 3 aliphatic carbocycles. The van der Waals surface area contributed by atoms with E-state index in [0.717, 1.165) is 0 Å². The molecule has 1 aromatic heterocycles. The highest BCUT2D eigenvalue weighted by atomic mass is 16.4. The van der Waals surface area contributed by atoms with Gasteiger partial charge in [-0.1, -0.05) is 0 Å². The van der Waals surface area contributed by atoms with Gasteiger partial charge in [-0.05, 0) is 44.5 Å². The van der Waals surface area contributed by atoms with Crippen molar-refractivity contribution in [1.82, 2.24) is 9.88 Å². The first-order valence-corrected chi connectivity index (χ1v) is 11.5. The number of nitrogens with two attached hydrogens (primary N) is 2. The maximum Gasteiger partial charge on any atom is 0.293 e. The molecule has 0 spiro atoms. The highest BCUT2D eigenvalue weighted by Crippen LogP contribution is 2.51. The molecular weight excluding hydrogens is 470 g/mol. The third-order valence-electron chi connectivity index (χ3n) is 7.92. The maximum absolute atomic E-state index is 13.9.